The van der Waals surface area contributed by atoms with Gasteiger partial charge in [0.2, 0.25) is 0 Å². The van der Waals surface area contributed by atoms with Crippen molar-refractivity contribution >= 4 is 53.4 Å². The van der Waals surface area contributed by atoms with Gasteiger partial charge in [-0.15, -0.1) is 0 Å². The monoisotopic (exact) mass is 653 g/mol. The zero-order chi connectivity index (χ0) is 31.4. The van der Waals surface area contributed by atoms with Crippen LogP contribution in [-0.2, 0) is 13.1 Å². The van der Waals surface area contributed by atoms with E-state index in [-0.39, 0.29) is 13.1 Å². The molecule has 2 aromatic heterocycles. The van der Waals surface area contributed by atoms with Crippen molar-refractivity contribution in [2.45, 2.75) is 80.1 Å². The summed E-state index contributed by atoms with van der Waals surface area (Å²) in [5.41, 5.74) is 13.4. The van der Waals surface area contributed by atoms with Crippen LogP contribution in [0.15, 0.2) is 71.7 Å². The summed E-state index contributed by atoms with van der Waals surface area (Å²) in [4.78, 5) is 15.5. The molecule has 0 aliphatic rings. The van der Waals surface area contributed by atoms with Crippen molar-refractivity contribution < 1.29 is 13.1 Å². The van der Waals surface area contributed by atoms with Crippen LogP contribution in [0.3, 0.4) is 0 Å². The van der Waals surface area contributed by atoms with E-state index < -0.39 is 0 Å². The van der Waals surface area contributed by atoms with E-state index >= 15 is 0 Å². The summed E-state index contributed by atoms with van der Waals surface area (Å²) >= 11 is 0.194. The Morgan fingerprint density at radius 2 is 1.19 bits per heavy atom. The standard InChI is InChI=1S/C37H41N3.2ClH.Fe/c1-21(2)29-19-30(22(3)4)34(31(20-29)23(5)6)33-18-16-28-14-13-27-15-17-32(39-36(27)37(28)40-33)26(9)38-35-24(7)11-10-12-25(35)8;;;/h10-23H,1-9H3;2*1H;/q;;;+2/p-2. The molecular weight excluding hydrogens is 613 g/mol. The van der Waals surface area contributed by atoms with Crippen molar-refractivity contribution in [1.82, 2.24) is 9.97 Å². The number of para-hydroxylation sites is 1. The van der Waals surface area contributed by atoms with Crippen molar-refractivity contribution in [1.29, 1.82) is 0 Å². The average molecular weight is 655 g/mol. The van der Waals surface area contributed by atoms with Crippen LogP contribution in [0.25, 0.3) is 33.1 Å². The van der Waals surface area contributed by atoms with Crippen LogP contribution in [0.5, 0.6) is 0 Å². The van der Waals surface area contributed by atoms with Crippen LogP contribution < -0.4 is 0 Å². The van der Waals surface area contributed by atoms with Crippen molar-refractivity contribution in [2.75, 3.05) is 0 Å². The Morgan fingerprint density at radius 3 is 1.70 bits per heavy atom. The van der Waals surface area contributed by atoms with Gasteiger partial charge in [-0.1, -0.05) is 96.1 Å². The van der Waals surface area contributed by atoms with Gasteiger partial charge >= 0.3 is 33.3 Å². The first-order valence-corrected chi connectivity index (χ1v) is 17.9. The normalized spacial score (nSPS) is 12.1. The molecule has 0 spiro atoms. The molecule has 0 radical (unpaired) electrons. The van der Waals surface area contributed by atoms with Crippen molar-refractivity contribution in [2.24, 2.45) is 4.99 Å². The van der Waals surface area contributed by atoms with Crippen LogP contribution in [0.2, 0.25) is 0 Å². The van der Waals surface area contributed by atoms with E-state index in [9.17, 15) is 0 Å². The fourth-order valence-electron chi connectivity index (χ4n) is 5.57. The summed E-state index contributed by atoms with van der Waals surface area (Å²) in [6, 6.07) is 24.0. The Morgan fingerprint density at radius 1 is 0.698 bits per heavy atom. The summed E-state index contributed by atoms with van der Waals surface area (Å²) in [5, 5.41) is 2.19. The van der Waals surface area contributed by atoms with E-state index in [0.29, 0.717) is 17.8 Å². The Balaban J connectivity index is 0.00000135. The molecule has 0 unspecified atom stereocenters. The van der Waals surface area contributed by atoms with Gasteiger partial charge in [0, 0.05) is 16.3 Å². The van der Waals surface area contributed by atoms with Gasteiger partial charge in [-0.25, -0.2) is 9.97 Å². The van der Waals surface area contributed by atoms with Crippen LogP contribution in [0.4, 0.5) is 5.69 Å². The quantitative estimate of drug-likeness (QED) is 0.104. The topological polar surface area (TPSA) is 38.1 Å². The number of aryl methyl sites for hydroxylation is 2. The van der Waals surface area contributed by atoms with Gasteiger partial charge in [-0.2, -0.15) is 0 Å². The maximum atomic E-state index is 5.34. The summed E-state index contributed by atoms with van der Waals surface area (Å²) in [5.74, 6) is 1.27. The number of hydrogen-bond acceptors (Lipinski definition) is 3. The van der Waals surface area contributed by atoms with E-state index in [0.717, 1.165) is 44.6 Å². The SMILES string of the molecule is CC(=Nc1c(C)cccc1C)c1ccc2ccc3ccc(-c4c(C(C)C)cc(C(C)C)cc4C(C)C)nc3c2n1.[Cl][Fe][Cl]. The molecule has 2 heterocycles. The predicted molar refractivity (Wildman–Crippen MR) is 184 cm³/mol. The van der Waals surface area contributed by atoms with Crippen molar-refractivity contribution in [3.8, 4) is 11.3 Å². The van der Waals surface area contributed by atoms with Gasteiger partial charge in [0.25, 0.3) is 0 Å². The molecule has 0 aliphatic carbocycles. The molecule has 0 aliphatic heterocycles. The van der Waals surface area contributed by atoms with Gasteiger partial charge in [-0.3, -0.25) is 4.99 Å². The molecular formula is C37H41Cl2FeN3. The van der Waals surface area contributed by atoms with Crippen LogP contribution in [0, 0.1) is 13.8 Å². The zero-order valence-corrected chi connectivity index (χ0v) is 29.2. The first-order valence-electron chi connectivity index (χ1n) is 14.8. The molecule has 6 heteroatoms. The second-order valence-corrected chi connectivity index (χ2v) is 14.0. The second kappa shape index (κ2) is 14.4. The summed E-state index contributed by atoms with van der Waals surface area (Å²) in [6.45, 7) is 20.0. The molecule has 3 nitrogen and oxygen atoms in total. The van der Waals surface area contributed by atoms with Crippen molar-refractivity contribution in [3.05, 3.63) is 100 Å². The van der Waals surface area contributed by atoms with Gasteiger partial charge in [0.15, 0.2) is 0 Å². The van der Waals surface area contributed by atoms with E-state index in [2.05, 4.69) is 122 Å². The molecule has 5 aromatic rings. The third-order valence-electron chi connectivity index (χ3n) is 8.00. The Bertz CT molecular complexity index is 1740. The molecule has 0 saturated heterocycles. The number of pyridine rings is 2. The minimum absolute atomic E-state index is 0.194. The number of aliphatic imine (C=N–C) groups is 1. The number of rotatable bonds is 6. The third-order valence-corrected chi connectivity index (χ3v) is 8.00. The molecule has 43 heavy (non-hydrogen) atoms. The van der Waals surface area contributed by atoms with Gasteiger partial charge in [-0.05, 0) is 78.5 Å². The molecule has 5 rings (SSSR count). The average Bonchev–Trinajstić information content (AvgIpc) is 2.98. The van der Waals surface area contributed by atoms with Crippen LogP contribution >= 0.6 is 20.2 Å². The number of aromatic nitrogens is 2. The number of halogens is 2. The van der Waals surface area contributed by atoms with Crippen LogP contribution in [-0.4, -0.2) is 15.7 Å². The van der Waals surface area contributed by atoms with E-state index in [1.54, 1.807) is 0 Å². The summed E-state index contributed by atoms with van der Waals surface area (Å²) in [7, 11) is 9.53. The molecule has 3 aromatic carbocycles. The van der Waals surface area contributed by atoms with Gasteiger partial charge in [0.1, 0.15) is 0 Å². The second-order valence-electron chi connectivity index (χ2n) is 12.1. The number of nitrogens with zero attached hydrogens (tertiary/aromatic N) is 3. The van der Waals surface area contributed by atoms with Gasteiger partial charge < -0.3 is 0 Å². The van der Waals surface area contributed by atoms with E-state index in [1.807, 2.05) is 6.92 Å². The molecule has 0 N–H and O–H groups in total. The Kier molecular flexibility index (Phi) is 11.1. The third kappa shape index (κ3) is 7.32. The summed E-state index contributed by atoms with van der Waals surface area (Å²) in [6.07, 6.45) is 0. The number of fused-ring (bicyclic) bond motifs is 3. The first-order chi connectivity index (χ1) is 20.5. The summed E-state index contributed by atoms with van der Waals surface area (Å²) < 4.78 is 0. The molecule has 0 fully saturated rings. The molecule has 0 saturated carbocycles. The first kappa shape index (κ1) is 33.1. The predicted octanol–water partition coefficient (Wildman–Crippen LogP) is 12.0. The molecule has 0 amide bonds. The fraction of sp³-hybridized carbons (Fsp3) is 0.324. The van der Waals surface area contributed by atoms with Crippen LogP contribution in [0.1, 0.15) is 99.7 Å². The van der Waals surface area contributed by atoms with Gasteiger partial charge in [0.05, 0.1) is 33.8 Å². The minimum atomic E-state index is 0.194. The number of hydrogen-bond donors (Lipinski definition) is 0. The maximum absolute atomic E-state index is 5.34. The van der Waals surface area contributed by atoms with E-state index in [1.165, 1.54) is 33.4 Å². The van der Waals surface area contributed by atoms with E-state index in [4.69, 9.17) is 35.2 Å². The zero-order valence-electron chi connectivity index (χ0n) is 26.5. The fourth-order valence-corrected chi connectivity index (χ4v) is 5.57. The molecule has 226 valence electrons. The number of benzene rings is 3. The Hall–Kier alpha value is -2.75. The molecule has 0 bridgehead atoms. The molecule has 0 atom stereocenters. The Labute approximate surface area is 271 Å². The van der Waals surface area contributed by atoms with Crippen molar-refractivity contribution in [3.63, 3.8) is 0 Å².